The van der Waals surface area contributed by atoms with Gasteiger partial charge in [-0.3, -0.25) is 4.72 Å². The van der Waals surface area contributed by atoms with Gasteiger partial charge in [-0.25, -0.2) is 13.4 Å². The minimum Gasteiger partial charge on any atom is -0.317 e. The van der Waals surface area contributed by atoms with E-state index >= 15 is 0 Å². The number of hydrogen-bond acceptors (Lipinski definition) is 5. The van der Waals surface area contributed by atoms with E-state index < -0.39 is 10.0 Å². The fourth-order valence-electron chi connectivity index (χ4n) is 1.26. The first kappa shape index (κ1) is 14.4. The molecule has 0 unspecified atom stereocenters. The molecule has 0 spiro atoms. The Kier molecular flexibility index (Phi) is 5.35. The third kappa shape index (κ3) is 5.01. The monoisotopic (exact) mass is 277 g/mol. The first-order valence-electron chi connectivity index (χ1n) is 5.60. The van der Waals surface area contributed by atoms with Crippen molar-refractivity contribution in [3.05, 3.63) is 10.6 Å². The van der Waals surface area contributed by atoms with Gasteiger partial charge in [0.1, 0.15) is 0 Å². The van der Waals surface area contributed by atoms with Crippen LogP contribution in [0.2, 0.25) is 0 Å². The normalized spacial score (nSPS) is 11.7. The number of aryl methyl sites for hydroxylation is 2. The Balaban J connectivity index is 2.49. The first-order chi connectivity index (χ1) is 7.94. The molecule has 17 heavy (non-hydrogen) atoms. The summed E-state index contributed by atoms with van der Waals surface area (Å²) < 4.78 is 25.9. The predicted molar refractivity (Wildman–Crippen MR) is 72.2 cm³/mol. The number of anilines is 1. The smallest absolute Gasteiger partial charge is 0.234 e. The highest BCUT2D eigenvalue weighted by molar-refractivity contribution is 7.92. The maximum Gasteiger partial charge on any atom is 0.234 e. The molecule has 1 aromatic heterocycles. The molecule has 1 aromatic rings. The Bertz CT molecular complexity index is 435. The highest BCUT2D eigenvalue weighted by Crippen LogP contribution is 2.22. The van der Waals surface area contributed by atoms with Crippen molar-refractivity contribution in [3.63, 3.8) is 0 Å². The van der Waals surface area contributed by atoms with Crippen LogP contribution in [0.5, 0.6) is 0 Å². The Labute approximate surface area is 107 Å². The second kappa shape index (κ2) is 6.32. The molecule has 0 aromatic carbocycles. The van der Waals surface area contributed by atoms with E-state index in [1.54, 1.807) is 0 Å². The van der Waals surface area contributed by atoms with Gasteiger partial charge in [0.2, 0.25) is 10.0 Å². The predicted octanol–water partition coefficient (Wildman–Crippen LogP) is 1.50. The van der Waals surface area contributed by atoms with Gasteiger partial charge in [0.15, 0.2) is 5.13 Å². The zero-order valence-corrected chi connectivity index (χ0v) is 12.0. The van der Waals surface area contributed by atoms with Gasteiger partial charge in [0, 0.05) is 4.88 Å². The van der Waals surface area contributed by atoms with Crippen molar-refractivity contribution in [2.45, 2.75) is 27.2 Å². The summed E-state index contributed by atoms with van der Waals surface area (Å²) in [5, 5.41) is 3.55. The molecule has 0 aliphatic rings. The molecule has 7 heteroatoms. The van der Waals surface area contributed by atoms with Crippen molar-refractivity contribution in [1.29, 1.82) is 0 Å². The molecule has 1 heterocycles. The summed E-state index contributed by atoms with van der Waals surface area (Å²) in [6, 6.07) is 0. The molecule has 1 rings (SSSR count). The summed E-state index contributed by atoms with van der Waals surface area (Å²) in [4.78, 5) is 5.19. The number of rotatable bonds is 7. The number of nitrogens with zero attached hydrogens (tertiary/aromatic N) is 1. The molecule has 0 atom stereocenters. The molecule has 0 aliphatic heterocycles. The van der Waals surface area contributed by atoms with E-state index in [4.69, 9.17) is 0 Å². The number of hydrogen-bond donors (Lipinski definition) is 2. The van der Waals surface area contributed by atoms with Crippen molar-refractivity contribution in [3.8, 4) is 0 Å². The van der Waals surface area contributed by atoms with Gasteiger partial charge in [0.25, 0.3) is 0 Å². The number of nitrogens with one attached hydrogen (secondary N) is 2. The quantitative estimate of drug-likeness (QED) is 0.741. The molecule has 0 bridgehead atoms. The largest absolute Gasteiger partial charge is 0.317 e. The van der Waals surface area contributed by atoms with Gasteiger partial charge in [-0.05, 0) is 33.4 Å². The van der Waals surface area contributed by atoms with Crippen molar-refractivity contribution in [2.24, 2.45) is 0 Å². The van der Waals surface area contributed by atoms with Crippen molar-refractivity contribution < 1.29 is 8.42 Å². The summed E-state index contributed by atoms with van der Waals surface area (Å²) in [5.41, 5.74) is 0.875. The maximum atomic E-state index is 11.7. The first-order valence-corrected chi connectivity index (χ1v) is 8.06. The van der Waals surface area contributed by atoms with Crippen LogP contribution >= 0.6 is 11.3 Å². The van der Waals surface area contributed by atoms with E-state index in [1.165, 1.54) is 11.3 Å². The van der Waals surface area contributed by atoms with E-state index in [0.717, 1.165) is 17.1 Å². The van der Waals surface area contributed by atoms with E-state index in [9.17, 15) is 8.42 Å². The molecular weight excluding hydrogens is 258 g/mol. The summed E-state index contributed by atoms with van der Waals surface area (Å²) in [7, 11) is -3.26. The molecule has 0 radical (unpaired) electrons. The Morgan fingerprint density at radius 3 is 2.59 bits per heavy atom. The summed E-state index contributed by atoms with van der Waals surface area (Å²) in [6.07, 6.45) is 0.604. The molecule has 0 amide bonds. The van der Waals surface area contributed by atoms with Gasteiger partial charge in [0.05, 0.1) is 11.4 Å². The second-order valence-corrected chi connectivity index (χ2v) is 6.83. The summed E-state index contributed by atoms with van der Waals surface area (Å²) >= 11 is 1.37. The fraction of sp³-hybridized carbons (Fsp3) is 0.700. The van der Waals surface area contributed by atoms with E-state index in [1.807, 2.05) is 20.8 Å². The lowest BCUT2D eigenvalue weighted by molar-refractivity contribution is 0.595. The van der Waals surface area contributed by atoms with Crippen LogP contribution < -0.4 is 10.0 Å². The minimum atomic E-state index is -3.26. The van der Waals surface area contributed by atoms with Gasteiger partial charge < -0.3 is 5.32 Å². The van der Waals surface area contributed by atoms with Gasteiger partial charge in [-0.2, -0.15) is 0 Å². The summed E-state index contributed by atoms with van der Waals surface area (Å²) in [6.45, 7) is 7.37. The van der Waals surface area contributed by atoms with E-state index in [0.29, 0.717) is 18.1 Å². The zero-order valence-electron chi connectivity index (χ0n) is 10.4. The topological polar surface area (TPSA) is 71.1 Å². The lowest BCUT2D eigenvalue weighted by atomic mass is 10.4. The molecule has 0 saturated heterocycles. The third-order valence-electron chi connectivity index (χ3n) is 2.29. The Morgan fingerprint density at radius 2 is 2.06 bits per heavy atom. The Morgan fingerprint density at radius 1 is 1.35 bits per heavy atom. The second-order valence-electron chi connectivity index (χ2n) is 3.79. The van der Waals surface area contributed by atoms with Crippen LogP contribution in [0.25, 0.3) is 0 Å². The molecule has 0 fully saturated rings. The van der Waals surface area contributed by atoms with Gasteiger partial charge in [-0.15, -0.1) is 11.3 Å². The van der Waals surface area contributed by atoms with Crippen LogP contribution in [0.4, 0.5) is 5.13 Å². The molecule has 0 aliphatic carbocycles. The van der Waals surface area contributed by atoms with Crippen LogP contribution in [0.15, 0.2) is 0 Å². The minimum absolute atomic E-state index is 0.123. The van der Waals surface area contributed by atoms with Gasteiger partial charge >= 0.3 is 0 Å². The van der Waals surface area contributed by atoms with E-state index in [-0.39, 0.29) is 5.75 Å². The highest BCUT2D eigenvalue weighted by atomic mass is 32.2. The molecular formula is C10H19N3O2S2. The maximum absolute atomic E-state index is 11.7. The number of thiazole rings is 1. The molecule has 5 nitrogen and oxygen atoms in total. The molecule has 98 valence electrons. The van der Waals surface area contributed by atoms with Crippen molar-refractivity contribution in [1.82, 2.24) is 10.3 Å². The molecule has 0 saturated carbocycles. The standard InChI is InChI=1S/C10H19N3O2S2/c1-4-11-6-5-7-17(14,15)13-10-12-8(2)9(3)16-10/h11H,4-7H2,1-3H3,(H,12,13). The zero-order chi connectivity index (χ0) is 12.9. The average molecular weight is 277 g/mol. The average Bonchev–Trinajstić information content (AvgIpc) is 2.52. The number of aromatic nitrogens is 1. The van der Waals surface area contributed by atoms with Crippen LogP contribution in [0, 0.1) is 13.8 Å². The lowest BCUT2D eigenvalue weighted by Crippen LogP contribution is -2.21. The summed E-state index contributed by atoms with van der Waals surface area (Å²) in [5.74, 6) is 0.123. The SMILES string of the molecule is CCNCCCS(=O)(=O)Nc1nc(C)c(C)s1. The van der Waals surface area contributed by atoms with Crippen LogP contribution in [0.3, 0.4) is 0 Å². The highest BCUT2D eigenvalue weighted by Gasteiger charge is 2.13. The fourth-order valence-corrected chi connectivity index (χ4v) is 3.42. The van der Waals surface area contributed by atoms with Crippen molar-refractivity contribution in [2.75, 3.05) is 23.6 Å². The van der Waals surface area contributed by atoms with Crippen LogP contribution in [0.1, 0.15) is 23.9 Å². The Hall–Kier alpha value is -0.660. The van der Waals surface area contributed by atoms with Crippen LogP contribution in [-0.4, -0.2) is 32.2 Å². The van der Waals surface area contributed by atoms with Crippen molar-refractivity contribution >= 4 is 26.5 Å². The lowest BCUT2D eigenvalue weighted by Gasteiger charge is -2.05. The van der Waals surface area contributed by atoms with Crippen LogP contribution in [-0.2, 0) is 10.0 Å². The van der Waals surface area contributed by atoms with Gasteiger partial charge in [-0.1, -0.05) is 6.92 Å². The third-order valence-corrected chi connectivity index (χ3v) is 4.74. The number of sulfonamides is 1. The van der Waals surface area contributed by atoms with E-state index in [2.05, 4.69) is 15.0 Å². The molecule has 2 N–H and O–H groups in total.